The monoisotopic (exact) mass is 469 g/mol. The molecular weight excluding hydrogens is 447 g/mol. The van der Waals surface area contributed by atoms with Gasteiger partial charge in [0.25, 0.3) is 0 Å². The van der Waals surface area contributed by atoms with Crippen molar-refractivity contribution in [2.45, 2.75) is 52.0 Å². The van der Waals surface area contributed by atoms with E-state index in [1.807, 2.05) is 0 Å². The Morgan fingerprint density at radius 1 is 0.969 bits per heavy atom. The summed E-state index contributed by atoms with van der Waals surface area (Å²) in [5.41, 5.74) is -0.840. The Labute approximate surface area is 189 Å². The highest BCUT2D eigenvalue weighted by atomic mass is 35.5. The van der Waals surface area contributed by atoms with Crippen LogP contribution in [0.15, 0.2) is 47.5 Å². The van der Waals surface area contributed by atoms with Gasteiger partial charge in [0.15, 0.2) is 5.92 Å². The van der Waals surface area contributed by atoms with E-state index in [2.05, 4.69) is 4.99 Å². The maximum absolute atomic E-state index is 13.3. The first-order valence-corrected chi connectivity index (χ1v) is 10.2. The number of carbonyl (C=O) groups is 2. The molecule has 0 aliphatic heterocycles. The lowest BCUT2D eigenvalue weighted by atomic mass is 9.95. The summed E-state index contributed by atoms with van der Waals surface area (Å²) in [6, 6.07) is 9.17. The number of rotatable bonds is 7. The molecule has 0 saturated heterocycles. The van der Waals surface area contributed by atoms with Crippen LogP contribution in [0.2, 0.25) is 5.02 Å². The van der Waals surface area contributed by atoms with Gasteiger partial charge in [0, 0.05) is 22.4 Å². The molecule has 0 fully saturated rings. The van der Waals surface area contributed by atoms with Gasteiger partial charge in [0.2, 0.25) is 0 Å². The van der Waals surface area contributed by atoms with E-state index in [4.69, 9.17) is 21.1 Å². The highest BCUT2D eigenvalue weighted by molar-refractivity contribution is 6.33. The van der Waals surface area contributed by atoms with Crippen molar-refractivity contribution in [1.82, 2.24) is 0 Å². The van der Waals surface area contributed by atoms with E-state index in [0.29, 0.717) is 10.6 Å². The first-order chi connectivity index (χ1) is 14.9. The van der Waals surface area contributed by atoms with Crippen molar-refractivity contribution < 1.29 is 32.2 Å². The Bertz CT molecular complexity index is 981. The van der Waals surface area contributed by atoms with E-state index in [9.17, 15) is 22.8 Å². The van der Waals surface area contributed by atoms with Crippen molar-refractivity contribution in [3.05, 3.63) is 64.2 Å². The molecule has 32 heavy (non-hydrogen) atoms. The number of alkyl halides is 3. The molecule has 172 valence electrons. The molecule has 0 aromatic heterocycles. The molecule has 2 aromatic carbocycles. The van der Waals surface area contributed by atoms with E-state index in [-0.39, 0.29) is 11.3 Å². The summed E-state index contributed by atoms with van der Waals surface area (Å²) in [5.74, 6) is -3.50. The Morgan fingerprint density at radius 3 is 2.03 bits per heavy atom. The maximum atomic E-state index is 13.3. The minimum atomic E-state index is -4.65. The van der Waals surface area contributed by atoms with Gasteiger partial charge in [-0.2, -0.15) is 13.2 Å². The minimum Gasteiger partial charge on any atom is -0.462 e. The number of ether oxygens (including phenoxy) is 2. The van der Waals surface area contributed by atoms with Gasteiger partial charge in [0.05, 0.1) is 23.5 Å². The molecule has 9 heteroatoms. The standard InChI is InChI=1S/C23H23ClF3NO4/c1-13(2)31-21(29)20(22(30)32-14(3)4)17-10-9-16(23(25,26)27)11-19(17)28-12-15-7-5-6-8-18(15)24/h5-14,20H,1-4H3. The van der Waals surface area contributed by atoms with Crippen LogP contribution in [0.1, 0.15) is 50.3 Å². The molecule has 0 heterocycles. The van der Waals surface area contributed by atoms with Gasteiger partial charge >= 0.3 is 18.1 Å². The minimum absolute atomic E-state index is 0.0717. The topological polar surface area (TPSA) is 65.0 Å². The molecule has 5 nitrogen and oxygen atoms in total. The Hall–Kier alpha value is -2.87. The normalized spacial score (nSPS) is 12.1. The summed E-state index contributed by atoms with van der Waals surface area (Å²) >= 11 is 6.09. The van der Waals surface area contributed by atoms with E-state index >= 15 is 0 Å². The molecule has 0 unspecified atom stereocenters. The van der Waals surface area contributed by atoms with Crippen molar-refractivity contribution >= 4 is 35.4 Å². The zero-order chi connectivity index (χ0) is 24.1. The van der Waals surface area contributed by atoms with E-state index < -0.39 is 41.8 Å². The number of hydrogen-bond donors (Lipinski definition) is 0. The molecule has 0 atom stereocenters. The number of benzene rings is 2. The highest BCUT2D eigenvalue weighted by Crippen LogP contribution is 2.37. The van der Waals surface area contributed by atoms with Crippen molar-refractivity contribution in [3.8, 4) is 0 Å². The average molecular weight is 470 g/mol. The van der Waals surface area contributed by atoms with Crippen molar-refractivity contribution in [3.63, 3.8) is 0 Å². The largest absolute Gasteiger partial charge is 0.462 e. The van der Waals surface area contributed by atoms with Crippen LogP contribution in [0.4, 0.5) is 18.9 Å². The molecule has 0 N–H and O–H groups in total. The Balaban J connectivity index is 2.64. The van der Waals surface area contributed by atoms with Crippen LogP contribution in [0.25, 0.3) is 0 Å². The van der Waals surface area contributed by atoms with E-state index in [1.165, 1.54) is 6.21 Å². The molecule has 0 saturated carbocycles. The molecule has 0 amide bonds. The van der Waals surface area contributed by atoms with Gasteiger partial charge in [-0.25, -0.2) is 0 Å². The number of esters is 2. The molecule has 2 rings (SSSR count). The SMILES string of the molecule is CC(C)OC(=O)C(C(=O)OC(C)C)c1ccc(C(F)(F)F)cc1N=Cc1ccccc1Cl. The number of aliphatic imine (C=N–C) groups is 1. The van der Waals surface area contributed by atoms with Gasteiger partial charge in [-0.1, -0.05) is 35.9 Å². The predicted molar refractivity (Wildman–Crippen MR) is 115 cm³/mol. The van der Waals surface area contributed by atoms with E-state index in [1.54, 1.807) is 52.0 Å². The lowest BCUT2D eigenvalue weighted by Gasteiger charge is -2.20. The fourth-order valence-corrected chi connectivity index (χ4v) is 2.93. The molecule has 0 aliphatic rings. The average Bonchev–Trinajstić information content (AvgIpc) is 2.66. The van der Waals surface area contributed by atoms with Crippen LogP contribution in [0, 0.1) is 0 Å². The number of hydrogen-bond acceptors (Lipinski definition) is 5. The summed E-state index contributed by atoms with van der Waals surface area (Å²) in [6.07, 6.45) is -4.50. The van der Waals surface area contributed by atoms with Crippen LogP contribution in [-0.2, 0) is 25.2 Å². The number of carbonyl (C=O) groups excluding carboxylic acids is 2. The number of halogens is 4. The smallest absolute Gasteiger partial charge is 0.416 e. The predicted octanol–water partition coefficient (Wildman–Crippen LogP) is 6.10. The van der Waals surface area contributed by atoms with Crippen molar-refractivity contribution in [2.24, 2.45) is 4.99 Å². The van der Waals surface area contributed by atoms with Crippen LogP contribution in [-0.4, -0.2) is 30.4 Å². The fraction of sp³-hybridized carbons (Fsp3) is 0.348. The van der Waals surface area contributed by atoms with Gasteiger partial charge < -0.3 is 9.47 Å². The maximum Gasteiger partial charge on any atom is 0.416 e. The third-order valence-electron chi connectivity index (χ3n) is 4.09. The fourth-order valence-electron chi connectivity index (χ4n) is 2.75. The highest BCUT2D eigenvalue weighted by Gasteiger charge is 2.37. The summed E-state index contributed by atoms with van der Waals surface area (Å²) in [6.45, 7) is 6.36. The lowest BCUT2D eigenvalue weighted by molar-refractivity contribution is -0.161. The Kier molecular flexibility index (Phi) is 8.44. The third-order valence-corrected chi connectivity index (χ3v) is 4.44. The molecule has 0 spiro atoms. The lowest BCUT2D eigenvalue weighted by Crippen LogP contribution is -2.29. The molecule has 0 bridgehead atoms. The second-order valence-corrected chi connectivity index (χ2v) is 7.86. The zero-order valence-electron chi connectivity index (χ0n) is 17.9. The van der Waals surface area contributed by atoms with Crippen LogP contribution in [0.5, 0.6) is 0 Å². The quantitative estimate of drug-likeness (QED) is 0.279. The first-order valence-electron chi connectivity index (χ1n) is 9.81. The van der Waals surface area contributed by atoms with Crippen molar-refractivity contribution in [2.75, 3.05) is 0 Å². The molecule has 0 radical (unpaired) electrons. The zero-order valence-corrected chi connectivity index (χ0v) is 18.7. The molecule has 2 aromatic rings. The Morgan fingerprint density at radius 2 is 1.53 bits per heavy atom. The van der Waals surface area contributed by atoms with Gasteiger partial charge in [-0.05, 0) is 45.9 Å². The third kappa shape index (κ3) is 6.82. The van der Waals surface area contributed by atoms with Crippen LogP contribution < -0.4 is 0 Å². The second kappa shape index (κ2) is 10.6. The van der Waals surface area contributed by atoms with Crippen molar-refractivity contribution in [1.29, 1.82) is 0 Å². The van der Waals surface area contributed by atoms with Gasteiger partial charge in [-0.3, -0.25) is 14.6 Å². The second-order valence-electron chi connectivity index (χ2n) is 7.46. The summed E-state index contributed by atoms with van der Waals surface area (Å²) in [4.78, 5) is 29.6. The summed E-state index contributed by atoms with van der Waals surface area (Å²) < 4.78 is 50.3. The summed E-state index contributed by atoms with van der Waals surface area (Å²) in [7, 11) is 0. The van der Waals surface area contributed by atoms with Gasteiger partial charge in [-0.15, -0.1) is 0 Å². The number of nitrogens with zero attached hydrogens (tertiary/aromatic N) is 1. The van der Waals surface area contributed by atoms with Crippen LogP contribution >= 0.6 is 11.6 Å². The summed E-state index contributed by atoms with van der Waals surface area (Å²) in [5, 5.41) is 0.333. The molecule has 0 aliphatic carbocycles. The first kappa shape index (κ1) is 25.4. The molecular formula is C23H23ClF3NO4. The van der Waals surface area contributed by atoms with Gasteiger partial charge in [0.1, 0.15) is 0 Å². The van der Waals surface area contributed by atoms with Crippen LogP contribution in [0.3, 0.4) is 0 Å². The van der Waals surface area contributed by atoms with E-state index in [0.717, 1.165) is 18.2 Å².